The molecule has 0 radical (unpaired) electrons. The summed E-state index contributed by atoms with van der Waals surface area (Å²) in [5, 5.41) is 25.4. The van der Waals surface area contributed by atoms with Crippen LogP contribution < -0.4 is 10.2 Å². The molecule has 3 aliphatic rings. The number of rotatable bonds is 5. The first-order valence-electron chi connectivity index (χ1n) is 12.3. The molecule has 35 heavy (non-hydrogen) atoms. The molecule has 3 fully saturated rings. The van der Waals surface area contributed by atoms with Crippen molar-refractivity contribution in [3.8, 4) is 11.4 Å². The van der Waals surface area contributed by atoms with Crippen molar-refractivity contribution in [2.75, 3.05) is 29.9 Å². The first kappa shape index (κ1) is 22.3. The number of anilines is 2. The topological polar surface area (TPSA) is 115 Å². The van der Waals surface area contributed by atoms with Crippen molar-refractivity contribution in [3.63, 3.8) is 0 Å². The number of aliphatic hydroxyl groups excluding tert-OH is 1. The van der Waals surface area contributed by atoms with Crippen LogP contribution in [0.15, 0.2) is 18.5 Å². The van der Waals surface area contributed by atoms with E-state index in [0.717, 1.165) is 43.1 Å². The number of nitrogens with zero attached hydrogens (tertiary/aromatic N) is 6. The first-order chi connectivity index (χ1) is 16.7. The molecule has 1 saturated carbocycles. The molecule has 1 spiro atoms. The minimum Gasteiger partial charge on any atom is -0.389 e. The van der Waals surface area contributed by atoms with Crippen LogP contribution in [-0.2, 0) is 6.54 Å². The average molecular weight is 483 g/mol. The normalized spacial score (nSPS) is 19.9. The van der Waals surface area contributed by atoms with Gasteiger partial charge in [-0.3, -0.25) is 14.8 Å². The number of halogens is 1. The summed E-state index contributed by atoms with van der Waals surface area (Å²) >= 11 is 0. The Labute approximate surface area is 202 Å². The van der Waals surface area contributed by atoms with Crippen LogP contribution in [0.5, 0.6) is 0 Å². The fourth-order valence-corrected chi connectivity index (χ4v) is 5.36. The second-order valence-electron chi connectivity index (χ2n) is 10.8. The number of carbonyl (C=O) groups excluding carboxylic acids is 1. The van der Waals surface area contributed by atoms with Gasteiger partial charge in [-0.05, 0) is 52.0 Å². The summed E-state index contributed by atoms with van der Waals surface area (Å²) in [6.07, 6.45) is 8.34. The van der Waals surface area contributed by atoms with E-state index < -0.39 is 5.67 Å². The van der Waals surface area contributed by atoms with E-state index in [-0.39, 0.29) is 24.2 Å². The summed E-state index contributed by atoms with van der Waals surface area (Å²) in [7, 11) is 0. The molecule has 2 amide bonds. The molecule has 3 N–H and O–H groups in total. The first-order valence-corrected chi connectivity index (χ1v) is 12.3. The number of hydrogen-bond acceptors (Lipinski definition) is 6. The molecule has 0 unspecified atom stereocenters. The van der Waals surface area contributed by atoms with Crippen molar-refractivity contribution in [2.45, 2.75) is 69.8 Å². The Bertz CT molecular complexity index is 1270. The zero-order valence-corrected chi connectivity index (χ0v) is 20.1. The molecule has 1 aliphatic carbocycles. The third kappa shape index (κ3) is 4.01. The molecule has 3 aromatic rings. The lowest BCUT2D eigenvalue weighted by Crippen LogP contribution is -2.51. The molecule has 3 aromatic heterocycles. The highest BCUT2D eigenvalue weighted by Crippen LogP contribution is 2.48. The quantitative estimate of drug-likeness (QED) is 0.514. The summed E-state index contributed by atoms with van der Waals surface area (Å²) < 4.78 is 16.3. The van der Waals surface area contributed by atoms with Crippen molar-refractivity contribution in [1.82, 2.24) is 29.9 Å². The fourth-order valence-electron chi connectivity index (χ4n) is 5.36. The molecule has 11 heteroatoms. The number of piperidine rings is 1. The van der Waals surface area contributed by atoms with E-state index >= 15 is 0 Å². The van der Waals surface area contributed by atoms with Gasteiger partial charge in [0.15, 0.2) is 5.82 Å². The van der Waals surface area contributed by atoms with Gasteiger partial charge in [-0.15, -0.1) is 0 Å². The standard InChI is InChI=1S/C24H31FN8O2/c1-23(2,25)14-33-19-9-17(26-10-16(19)21(30-33)31-12-15(34)13-31)20-18(11-27-29-20)28-22(35)32-8-4-3-5-24(32)6-7-24/h9-11,15,34H,3-8,12-14H2,1-2H3,(H,27,29)(H,28,35). The molecule has 10 nitrogen and oxygen atoms in total. The number of hydrogen-bond donors (Lipinski definition) is 3. The monoisotopic (exact) mass is 482 g/mol. The van der Waals surface area contributed by atoms with E-state index in [1.165, 1.54) is 20.3 Å². The molecule has 0 atom stereocenters. The van der Waals surface area contributed by atoms with Gasteiger partial charge < -0.3 is 20.2 Å². The van der Waals surface area contributed by atoms with E-state index in [0.29, 0.717) is 36.0 Å². The van der Waals surface area contributed by atoms with E-state index in [9.17, 15) is 14.3 Å². The molecule has 5 heterocycles. The van der Waals surface area contributed by atoms with Gasteiger partial charge >= 0.3 is 6.03 Å². The minimum absolute atomic E-state index is 0.0376. The number of aliphatic hydroxyl groups is 1. The fraction of sp³-hybridized carbons (Fsp3) is 0.583. The highest BCUT2D eigenvalue weighted by molar-refractivity contribution is 5.96. The lowest BCUT2D eigenvalue weighted by molar-refractivity contribution is 0.141. The lowest BCUT2D eigenvalue weighted by atomic mass is 10.0. The van der Waals surface area contributed by atoms with Crippen LogP contribution >= 0.6 is 0 Å². The molecular formula is C24H31FN8O2. The Morgan fingerprint density at radius 2 is 2.09 bits per heavy atom. The summed E-state index contributed by atoms with van der Waals surface area (Å²) in [6.45, 7) is 4.86. The van der Waals surface area contributed by atoms with Crippen molar-refractivity contribution in [2.24, 2.45) is 0 Å². The van der Waals surface area contributed by atoms with Crippen LogP contribution in [0.25, 0.3) is 22.3 Å². The van der Waals surface area contributed by atoms with Gasteiger partial charge in [-0.25, -0.2) is 9.18 Å². The Morgan fingerprint density at radius 3 is 2.80 bits per heavy atom. The van der Waals surface area contributed by atoms with Crippen molar-refractivity contribution < 1.29 is 14.3 Å². The van der Waals surface area contributed by atoms with Crippen molar-refractivity contribution in [1.29, 1.82) is 0 Å². The number of nitrogens with one attached hydrogen (secondary N) is 2. The molecule has 2 aliphatic heterocycles. The maximum atomic E-state index is 14.6. The predicted octanol–water partition coefficient (Wildman–Crippen LogP) is 3.30. The Balaban J connectivity index is 1.32. The maximum absolute atomic E-state index is 14.6. The van der Waals surface area contributed by atoms with Crippen LogP contribution in [-0.4, -0.2) is 77.9 Å². The number of aromatic amines is 1. The second kappa shape index (κ2) is 7.91. The Hall–Kier alpha value is -3.21. The molecular weight excluding hydrogens is 451 g/mol. The van der Waals surface area contributed by atoms with Crippen molar-refractivity contribution in [3.05, 3.63) is 18.5 Å². The van der Waals surface area contributed by atoms with Gasteiger partial charge in [0.1, 0.15) is 11.4 Å². The number of aromatic nitrogens is 5. The van der Waals surface area contributed by atoms with Gasteiger partial charge in [-0.1, -0.05) is 0 Å². The third-order valence-electron chi connectivity index (χ3n) is 7.36. The average Bonchev–Trinajstić information content (AvgIpc) is 3.24. The van der Waals surface area contributed by atoms with Gasteiger partial charge in [0.25, 0.3) is 0 Å². The van der Waals surface area contributed by atoms with Crippen LogP contribution in [0.1, 0.15) is 46.0 Å². The number of urea groups is 1. The van der Waals surface area contributed by atoms with Crippen LogP contribution in [0.2, 0.25) is 0 Å². The highest BCUT2D eigenvalue weighted by Gasteiger charge is 2.51. The number of pyridine rings is 1. The zero-order valence-electron chi connectivity index (χ0n) is 20.1. The zero-order chi connectivity index (χ0) is 24.4. The molecule has 6 rings (SSSR count). The number of likely N-dealkylation sites (tertiary alicyclic amines) is 1. The van der Waals surface area contributed by atoms with Crippen LogP contribution in [0, 0.1) is 0 Å². The number of β-amino-alcohol motifs (C(OH)–C–C–N with tert-alkyl or cyclic N) is 1. The maximum Gasteiger partial charge on any atom is 0.322 e. The summed E-state index contributed by atoms with van der Waals surface area (Å²) in [5.74, 6) is 0.687. The Morgan fingerprint density at radius 1 is 1.29 bits per heavy atom. The smallest absolute Gasteiger partial charge is 0.322 e. The number of H-pyrrole nitrogens is 1. The van der Waals surface area contributed by atoms with Crippen molar-refractivity contribution >= 4 is 28.4 Å². The summed E-state index contributed by atoms with van der Waals surface area (Å²) in [4.78, 5) is 21.7. The Kier molecular flexibility index (Phi) is 5.03. The van der Waals surface area contributed by atoms with Crippen LogP contribution in [0.4, 0.5) is 20.7 Å². The van der Waals surface area contributed by atoms with Gasteiger partial charge in [0.2, 0.25) is 0 Å². The number of amides is 2. The molecule has 0 aromatic carbocycles. The molecule has 186 valence electrons. The SMILES string of the molecule is CC(C)(F)Cn1nc(N2CC(O)C2)c2cnc(-c3[nH]ncc3NC(=O)N3CCCCC34CC4)cc21. The molecule has 2 saturated heterocycles. The van der Waals surface area contributed by atoms with Gasteiger partial charge in [0, 0.05) is 31.4 Å². The van der Waals surface area contributed by atoms with E-state index in [1.807, 2.05) is 15.9 Å². The third-order valence-corrected chi connectivity index (χ3v) is 7.36. The largest absolute Gasteiger partial charge is 0.389 e. The summed E-state index contributed by atoms with van der Waals surface area (Å²) in [6, 6.07) is 1.74. The minimum atomic E-state index is -1.46. The number of alkyl halides is 1. The van der Waals surface area contributed by atoms with E-state index in [2.05, 4.69) is 25.6 Å². The predicted molar refractivity (Wildman–Crippen MR) is 130 cm³/mol. The molecule has 0 bridgehead atoms. The van der Waals surface area contributed by atoms with Gasteiger partial charge in [0.05, 0.1) is 41.1 Å². The second-order valence-corrected chi connectivity index (χ2v) is 10.8. The summed E-state index contributed by atoms with van der Waals surface area (Å²) in [5.41, 5.74) is 1.04. The highest BCUT2D eigenvalue weighted by atomic mass is 19.1. The number of fused-ring (bicyclic) bond motifs is 1. The number of carbonyl (C=O) groups is 1. The lowest BCUT2D eigenvalue weighted by Gasteiger charge is -2.36. The van der Waals surface area contributed by atoms with E-state index in [4.69, 9.17) is 0 Å². The van der Waals surface area contributed by atoms with Crippen LogP contribution in [0.3, 0.4) is 0 Å². The van der Waals surface area contributed by atoms with Gasteiger partial charge in [-0.2, -0.15) is 10.2 Å². The van der Waals surface area contributed by atoms with E-state index in [1.54, 1.807) is 17.1 Å².